The Balaban J connectivity index is 2.27. The summed E-state index contributed by atoms with van der Waals surface area (Å²) >= 11 is 0. The minimum atomic E-state index is -4.01. The maximum atomic E-state index is 13.7. The fourth-order valence-electron chi connectivity index (χ4n) is 1.77. The monoisotopic (exact) mass is 354 g/mol. The summed E-state index contributed by atoms with van der Waals surface area (Å²) in [7, 11) is 3.06. The van der Waals surface area contributed by atoms with Crippen LogP contribution in [0.15, 0.2) is 29.2 Å². The first-order valence-corrected chi connectivity index (χ1v) is 8.53. The molecule has 1 aromatic carbocycles. The summed E-state index contributed by atoms with van der Waals surface area (Å²) in [6.45, 7) is -0.180. The molecule has 10 heteroatoms. The predicted molar refractivity (Wildman–Crippen MR) is 88.9 cm³/mol. The Morgan fingerprint density at radius 3 is 2.04 bits per heavy atom. The Hall–Kier alpha value is -2.33. The number of benzene rings is 1. The molecule has 0 radical (unpaired) electrons. The summed E-state index contributed by atoms with van der Waals surface area (Å²) in [5.41, 5.74) is 0. The summed E-state index contributed by atoms with van der Waals surface area (Å²) in [4.78, 5) is 15.6. The zero-order valence-corrected chi connectivity index (χ0v) is 14.7. The normalized spacial score (nSPS) is 11.4. The Morgan fingerprint density at radius 2 is 1.54 bits per heavy atom. The van der Waals surface area contributed by atoms with Crippen molar-refractivity contribution < 1.29 is 12.8 Å². The van der Waals surface area contributed by atoms with Crippen LogP contribution in [0.2, 0.25) is 0 Å². The highest BCUT2D eigenvalue weighted by atomic mass is 32.2. The van der Waals surface area contributed by atoms with Crippen molar-refractivity contribution in [3.63, 3.8) is 0 Å². The number of nitrogens with zero attached hydrogens (tertiary/aromatic N) is 5. The predicted octanol–water partition coefficient (Wildman–Crippen LogP) is 0.621. The first-order valence-electron chi connectivity index (χ1n) is 7.04. The molecule has 0 unspecified atom stereocenters. The van der Waals surface area contributed by atoms with Crippen LogP contribution in [0.25, 0.3) is 0 Å². The summed E-state index contributed by atoms with van der Waals surface area (Å²) in [5, 5.41) is 0. The minimum absolute atomic E-state index is 0.180. The number of hydrogen-bond acceptors (Lipinski definition) is 7. The summed E-state index contributed by atoms with van der Waals surface area (Å²) in [6.07, 6.45) is 0. The number of aromatic nitrogens is 3. The quantitative estimate of drug-likeness (QED) is 0.813. The van der Waals surface area contributed by atoms with Gasteiger partial charge in [0.25, 0.3) is 0 Å². The Labute approximate surface area is 140 Å². The Morgan fingerprint density at radius 1 is 1.00 bits per heavy atom. The number of rotatable bonds is 6. The average molecular weight is 354 g/mol. The van der Waals surface area contributed by atoms with Gasteiger partial charge in [-0.1, -0.05) is 12.1 Å². The van der Waals surface area contributed by atoms with Gasteiger partial charge in [-0.3, -0.25) is 0 Å². The molecular weight excluding hydrogens is 335 g/mol. The molecule has 1 N–H and O–H groups in total. The molecule has 0 spiro atoms. The van der Waals surface area contributed by atoms with Gasteiger partial charge >= 0.3 is 0 Å². The van der Waals surface area contributed by atoms with Crippen molar-refractivity contribution in [2.24, 2.45) is 0 Å². The van der Waals surface area contributed by atoms with Gasteiger partial charge in [0.05, 0.1) is 6.54 Å². The van der Waals surface area contributed by atoms with Crippen LogP contribution in [-0.4, -0.2) is 51.6 Å². The SMILES string of the molecule is CN(C)c1nc(CNS(=O)(=O)c2ccccc2F)nc(N(C)C)n1. The van der Waals surface area contributed by atoms with E-state index in [1.807, 2.05) is 0 Å². The van der Waals surface area contributed by atoms with E-state index in [4.69, 9.17) is 0 Å². The van der Waals surface area contributed by atoms with E-state index in [-0.39, 0.29) is 12.4 Å². The molecule has 1 heterocycles. The lowest BCUT2D eigenvalue weighted by atomic mass is 10.4. The van der Waals surface area contributed by atoms with Crippen molar-refractivity contribution in [1.82, 2.24) is 19.7 Å². The highest BCUT2D eigenvalue weighted by molar-refractivity contribution is 7.89. The molecule has 0 aliphatic rings. The number of sulfonamides is 1. The minimum Gasteiger partial charge on any atom is -0.347 e. The maximum absolute atomic E-state index is 13.7. The van der Waals surface area contributed by atoms with Crippen LogP contribution in [-0.2, 0) is 16.6 Å². The first-order chi connectivity index (χ1) is 11.2. The molecule has 0 aliphatic heterocycles. The standard InChI is InChI=1S/C14H19FN6O2S/c1-20(2)13-17-12(18-14(19-13)21(3)4)9-16-24(22,23)11-8-6-5-7-10(11)15/h5-8,16H,9H2,1-4H3. The highest BCUT2D eigenvalue weighted by Gasteiger charge is 2.19. The zero-order chi connectivity index (χ0) is 17.9. The van der Waals surface area contributed by atoms with Crippen molar-refractivity contribution in [2.45, 2.75) is 11.4 Å². The van der Waals surface area contributed by atoms with Crippen molar-refractivity contribution in [1.29, 1.82) is 0 Å². The summed E-state index contributed by atoms with van der Waals surface area (Å²) in [6, 6.07) is 5.16. The van der Waals surface area contributed by atoms with Crippen LogP contribution in [0, 0.1) is 5.82 Å². The molecule has 0 amide bonds. The Bertz CT molecular complexity index is 800. The maximum Gasteiger partial charge on any atom is 0.243 e. The number of anilines is 2. The van der Waals surface area contributed by atoms with Crippen LogP contribution in [0.1, 0.15) is 5.82 Å². The van der Waals surface area contributed by atoms with E-state index in [9.17, 15) is 12.8 Å². The van der Waals surface area contributed by atoms with Gasteiger partial charge in [-0.05, 0) is 12.1 Å². The molecule has 0 saturated carbocycles. The van der Waals surface area contributed by atoms with Crippen molar-refractivity contribution in [3.05, 3.63) is 35.9 Å². The highest BCUT2D eigenvalue weighted by Crippen LogP contribution is 2.14. The van der Waals surface area contributed by atoms with E-state index in [1.165, 1.54) is 18.2 Å². The van der Waals surface area contributed by atoms with E-state index >= 15 is 0 Å². The molecule has 0 fully saturated rings. The van der Waals surface area contributed by atoms with Gasteiger partial charge in [-0.15, -0.1) is 0 Å². The van der Waals surface area contributed by atoms with Crippen LogP contribution in [0.4, 0.5) is 16.3 Å². The van der Waals surface area contributed by atoms with E-state index in [1.54, 1.807) is 38.0 Å². The third-order valence-electron chi connectivity index (χ3n) is 3.00. The molecule has 1 aromatic heterocycles. The van der Waals surface area contributed by atoms with Gasteiger partial charge in [0.2, 0.25) is 21.9 Å². The van der Waals surface area contributed by atoms with Crippen LogP contribution in [0.5, 0.6) is 0 Å². The molecule has 2 rings (SSSR count). The summed E-state index contributed by atoms with van der Waals surface area (Å²) < 4.78 is 40.4. The fraction of sp³-hybridized carbons (Fsp3) is 0.357. The molecule has 130 valence electrons. The zero-order valence-electron chi connectivity index (χ0n) is 13.9. The summed E-state index contributed by atoms with van der Waals surface area (Å²) in [5.74, 6) is 0.212. The van der Waals surface area contributed by atoms with Crippen LogP contribution >= 0.6 is 0 Å². The van der Waals surface area contributed by atoms with Crippen molar-refractivity contribution >= 4 is 21.9 Å². The largest absolute Gasteiger partial charge is 0.347 e. The van der Waals surface area contributed by atoms with Crippen LogP contribution in [0.3, 0.4) is 0 Å². The van der Waals surface area contributed by atoms with E-state index < -0.39 is 20.7 Å². The van der Waals surface area contributed by atoms with Gasteiger partial charge in [-0.25, -0.2) is 17.5 Å². The molecule has 0 aliphatic carbocycles. The molecule has 8 nitrogen and oxygen atoms in total. The molecule has 0 bridgehead atoms. The second-order valence-corrected chi connectivity index (χ2v) is 7.13. The number of nitrogens with one attached hydrogen (secondary N) is 1. The number of halogens is 1. The molecule has 24 heavy (non-hydrogen) atoms. The third-order valence-corrected chi connectivity index (χ3v) is 4.44. The average Bonchev–Trinajstić information content (AvgIpc) is 2.53. The van der Waals surface area contributed by atoms with E-state index in [0.717, 1.165) is 6.07 Å². The molecule has 2 aromatic rings. The first kappa shape index (κ1) is 18.0. The van der Waals surface area contributed by atoms with Gasteiger partial charge in [0.15, 0.2) is 5.82 Å². The van der Waals surface area contributed by atoms with Gasteiger partial charge in [-0.2, -0.15) is 15.0 Å². The van der Waals surface area contributed by atoms with Gasteiger partial charge in [0, 0.05) is 28.2 Å². The topological polar surface area (TPSA) is 91.3 Å². The molecular formula is C14H19FN6O2S. The molecule has 0 atom stereocenters. The fourth-order valence-corrected chi connectivity index (χ4v) is 2.83. The smallest absolute Gasteiger partial charge is 0.243 e. The number of hydrogen-bond donors (Lipinski definition) is 1. The molecule has 0 saturated heterocycles. The third kappa shape index (κ3) is 4.15. The lowest BCUT2D eigenvalue weighted by molar-refractivity contribution is 0.555. The van der Waals surface area contributed by atoms with Crippen molar-refractivity contribution in [2.75, 3.05) is 38.0 Å². The Kier molecular flexibility index (Phi) is 5.30. The van der Waals surface area contributed by atoms with Crippen molar-refractivity contribution in [3.8, 4) is 0 Å². The van der Waals surface area contributed by atoms with Gasteiger partial charge in [0.1, 0.15) is 10.7 Å². The lowest BCUT2D eigenvalue weighted by Crippen LogP contribution is -2.27. The van der Waals surface area contributed by atoms with Crippen LogP contribution < -0.4 is 14.5 Å². The van der Waals surface area contributed by atoms with E-state index in [2.05, 4.69) is 19.7 Å². The lowest BCUT2D eigenvalue weighted by Gasteiger charge is -2.16. The van der Waals surface area contributed by atoms with Gasteiger partial charge < -0.3 is 9.80 Å². The van der Waals surface area contributed by atoms with E-state index in [0.29, 0.717) is 11.9 Å². The second-order valence-electron chi connectivity index (χ2n) is 5.40. The second kappa shape index (κ2) is 7.05.